The van der Waals surface area contributed by atoms with Crippen LogP contribution < -0.4 is 15.0 Å². The topological polar surface area (TPSA) is 37.4 Å². The number of thiophene rings is 1. The molecule has 124 valence electrons. The maximum Gasteiger partial charge on any atom is 0.421 e. The molecule has 1 aliphatic rings. The maximum atomic E-state index is 13.1. The van der Waals surface area contributed by atoms with Gasteiger partial charge in [-0.2, -0.15) is 29.5 Å². The van der Waals surface area contributed by atoms with Crippen molar-refractivity contribution in [3.63, 3.8) is 0 Å². The van der Waals surface area contributed by atoms with Gasteiger partial charge in [0.2, 0.25) is 5.88 Å². The van der Waals surface area contributed by atoms with E-state index in [4.69, 9.17) is 4.74 Å². The Bertz CT molecular complexity index is 640. The third-order valence-corrected chi connectivity index (χ3v) is 4.28. The SMILES string of the molecule is FC(F)(F)c1ccc(N2CCNCC2)nc1OCc1ccsc1. The molecule has 2 aromatic heterocycles. The fraction of sp³-hybridized carbons (Fsp3) is 0.400. The van der Waals surface area contributed by atoms with E-state index in [1.165, 1.54) is 17.4 Å². The first kappa shape index (κ1) is 16.1. The number of rotatable bonds is 4. The molecule has 0 saturated carbocycles. The highest BCUT2D eigenvalue weighted by Gasteiger charge is 2.36. The van der Waals surface area contributed by atoms with Gasteiger partial charge >= 0.3 is 6.18 Å². The number of ether oxygens (including phenoxy) is 1. The molecule has 0 atom stereocenters. The number of alkyl halides is 3. The van der Waals surface area contributed by atoms with Crippen molar-refractivity contribution in [2.45, 2.75) is 12.8 Å². The minimum Gasteiger partial charge on any atom is -0.472 e. The summed E-state index contributed by atoms with van der Waals surface area (Å²) < 4.78 is 44.8. The quantitative estimate of drug-likeness (QED) is 0.925. The van der Waals surface area contributed by atoms with E-state index in [0.29, 0.717) is 18.9 Å². The number of nitrogens with zero attached hydrogens (tertiary/aromatic N) is 2. The summed E-state index contributed by atoms with van der Waals surface area (Å²) in [6.07, 6.45) is -4.49. The second kappa shape index (κ2) is 6.76. The fourth-order valence-electron chi connectivity index (χ4n) is 2.35. The van der Waals surface area contributed by atoms with Crippen LogP contribution in [0.5, 0.6) is 5.88 Å². The zero-order chi connectivity index (χ0) is 16.3. The Kier molecular flexibility index (Phi) is 4.72. The lowest BCUT2D eigenvalue weighted by Crippen LogP contribution is -2.43. The molecule has 3 heterocycles. The van der Waals surface area contributed by atoms with Crippen LogP contribution in [-0.2, 0) is 12.8 Å². The fourth-order valence-corrected chi connectivity index (χ4v) is 3.01. The third-order valence-electron chi connectivity index (χ3n) is 3.55. The maximum absolute atomic E-state index is 13.1. The number of anilines is 1. The Hall–Kier alpha value is -1.80. The second-order valence-electron chi connectivity index (χ2n) is 5.18. The first-order valence-corrected chi connectivity index (χ1v) is 8.16. The van der Waals surface area contributed by atoms with Crippen LogP contribution in [0.2, 0.25) is 0 Å². The Morgan fingerprint density at radius 3 is 2.65 bits per heavy atom. The predicted octanol–water partition coefficient (Wildman–Crippen LogP) is 3.15. The molecule has 1 aliphatic heterocycles. The molecular weight excluding hydrogens is 327 g/mol. The molecule has 1 fully saturated rings. The monoisotopic (exact) mass is 343 g/mol. The van der Waals surface area contributed by atoms with Crippen molar-refractivity contribution in [2.75, 3.05) is 31.1 Å². The lowest BCUT2D eigenvalue weighted by atomic mass is 10.2. The molecule has 1 N–H and O–H groups in total. The molecule has 0 spiro atoms. The summed E-state index contributed by atoms with van der Waals surface area (Å²) in [5.74, 6) is 0.152. The first-order chi connectivity index (χ1) is 11.0. The van der Waals surface area contributed by atoms with Gasteiger partial charge < -0.3 is 15.0 Å². The number of halogens is 3. The minimum atomic E-state index is -4.49. The van der Waals surface area contributed by atoms with Gasteiger partial charge in [-0.1, -0.05) is 0 Å². The van der Waals surface area contributed by atoms with Crippen molar-refractivity contribution in [3.8, 4) is 5.88 Å². The van der Waals surface area contributed by atoms with E-state index in [2.05, 4.69) is 10.3 Å². The van der Waals surface area contributed by atoms with Gasteiger partial charge in [0, 0.05) is 31.7 Å². The second-order valence-corrected chi connectivity index (χ2v) is 5.96. The highest BCUT2D eigenvalue weighted by Crippen LogP contribution is 2.36. The lowest BCUT2D eigenvalue weighted by molar-refractivity contribution is -0.139. The standard InChI is InChI=1S/C15H16F3N3OS/c16-15(17,18)12-1-2-13(21-6-4-19-5-7-21)20-14(12)22-9-11-3-8-23-10-11/h1-3,8,10,19H,4-7,9H2. The summed E-state index contributed by atoms with van der Waals surface area (Å²) in [4.78, 5) is 6.07. The number of hydrogen-bond donors (Lipinski definition) is 1. The van der Waals surface area contributed by atoms with Gasteiger partial charge in [-0.3, -0.25) is 0 Å². The van der Waals surface area contributed by atoms with Gasteiger partial charge in [0.1, 0.15) is 18.0 Å². The van der Waals surface area contributed by atoms with Gasteiger partial charge in [0.05, 0.1) is 0 Å². The molecule has 0 aliphatic carbocycles. The van der Waals surface area contributed by atoms with Crippen LogP contribution in [-0.4, -0.2) is 31.2 Å². The van der Waals surface area contributed by atoms with Gasteiger partial charge in [0.25, 0.3) is 0 Å². The van der Waals surface area contributed by atoms with Crippen molar-refractivity contribution in [1.29, 1.82) is 0 Å². The van der Waals surface area contributed by atoms with E-state index < -0.39 is 11.7 Å². The van der Waals surface area contributed by atoms with Crippen LogP contribution in [0.4, 0.5) is 19.0 Å². The molecule has 0 bridgehead atoms. The summed E-state index contributed by atoms with van der Waals surface area (Å²) in [6.45, 7) is 3.07. The van der Waals surface area contributed by atoms with Crippen LogP contribution in [0, 0.1) is 0 Å². The minimum absolute atomic E-state index is 0.0740. The first-order valence-electron chi connectivity index (χ1n) is 7.22. The molecule has 0 unspecified atom stereocenters. The summed E-state index contributed by atoms with van der Waals surface area (Å²) in [7, 11) is 0. The molecule has 8 heteroatoms. The molecule has 0 amide bonds. The molecule has 3 rings (SSSR count). The molecule has 4 nitrogen and oxygen atoms in total. The Morgan fingerprint density at radius 1 is 1.22 bits per heavy atom. The van der Waals surface area contributed by atoms with Crippen molar-refractivity contribution < 1.29 is 17.9 Å². The van der Waals surface area contributed by atoms with Crippen LogP contribution in [0.15, 0.2) is 29.0 Å². The van der Waals surface area contributed by atoms with Crippen LogP contribution >= 0.6 is 11.3 Å². The summed E-state index contributed by atoms with van der Waals surface area (Å²) in [6, 6.07) is 4.27. The van der Waals surface area contributed by atoms with Crippen LogP contribution in [0.3, 0.4) is 0 Å². The molecular formula is C15H16F3N3OS. The van der Waals surface area contributed by atoms with Gasteiger partial charge in [0.15, 0.2) is 0 Å². The van der Waals surface area contributed by atoms with Gasteiger partial charge in [-0.15, -0.1) is 0 Å². The molecule has 0 aromatic carbocycles. The normalized spacial score (nSPS) is 15.7. The smallest absolute Gasteiger partial charge is 0.421 e. The average molecular weight is 343 g/mol. The summed E-state index contributed by atoms with van der Waals surface area (Å²) in [5, 5.41) is 6.89. The van der Waals surface area contributed by atoms with Crippen molar-refractivity contribution in [1.82, 2.24) is 10.3 Å². The zero-order valence-electron chi connectivity index (χ0n) is 12.3. The van der Waals surface area contributed by atoms with Crippen LogP contribution in [0.25, 0.3) is 0 Å². The number of piperazine rings is 1. The highest BCUT2D eigenvalue weighted by atomic mass is 32.1. The summed E-state index contributed by atoms with van der Waals surface area (Å²) >= 11 is 1.47. The number of pyridine rings is 1. The molecule has 0 radical (unpaired) electrons. The summed E-state index contributed by atoms with van der Waals surface area (Å²) in [5.41, 5.74) is -0.0101. The van der Waals surface area contributed by atoms with Crippen molar-refractivity contribution in [3.05, 3.63) is 40.1 Å². The van der Waals surface area contributed by atoms with Gasteiger partial charge in [-0.25, -0.2) is 0 Å². The van der Waals surface area contributed by atoms with E-state index in [-0.39, 0.29) is 12.5 Å². The number of aromatic nitrogens is 1. The van der Waals surface area contributed by atoms with E-state index in [1.807, 2.05) is 21.7 Å². The third kappa shape index (κ3) is 3.94. The van der Waals surface area contributed by atoms with Gasteiger partial charge in [-0.05, 0) is 29.0 Å². The van der Waals surface area contributed by atoms with Crippen LogP contribution in [0.1, 0.15) is 11.1 Å². The average Bonchev–Trinajstić information content (AvgIpc) is 3.06. The largest absolute Gasteiger partial charge is 0.472 e. The highest BCUT2D eigenvalue weighted by molar-refractivity contribution is 7.07. The Morgan fingerprint density at radius 2 is 2.00 bits per heavy atom. The molecule has 1 saturated heterocycles. The van der Waals surface area contributed by atoms with E-state index in [0.717, 1.165) is 24.7 Å². The molecule has 2 aromatic rings. The molecule has 23 heavy (non-hydrogen) atoms. The van der Waals surface area contributed by atoms with E-state index in [9.17, 15) is 13.2 Å². The Labute approximate surface area is 135 Å². The van der Waals surface area contributed by atoms with E-state index in [1.54, 1.807) is 0 Å². The van der Waals surface area contributed by atoms with E-state index >= 15 is 0 Å². The number of nitrogens with one attached hydrogen (secondary N) is 1. The number of hydrogen-bond acceptors (Lipinski definition) is 5. The zero-order valence-corrected chi connectivity index (χ0v) is 13.1. The Balaban J connectivity index is 1.85. The predicted molar refractivity (Wildman–Crippen MR) is 83.0 cm³/mol. The lowest BCUT2D eigenvalue weighted by Gasteiger charge is -2.29. The van der Waals surface area contributed by atoms with Crippen molar-refractivity contribution >= 4 is 17.2 Å². The van der Waals surface area contributed by atoms with Crippen molar-refractivity contribution in [2.24, 2.45) is 0 Å².